The highest BCUT2D eigenvalue weighted by atomic mass is 16.4. The van der Waals surface area contributed by atoms with Crippen LogP contribution in [-0.2, 0) is 4.79 Å². The van der Waals surface area contributed by atoms with Gasteiger partial charge in [0.2, 0.25) is 0 Å². The average Bonchev–Trinajstić information content (AvgIpc) is 2.88. The highest BCUT2D eigenvalue weighted by Gasteiger charge is 2.60. The Bertz CT molecular complexity index is 358. The summed E-state index contributed by atoms with van der Waals surface area (Å²) in [6, 6.07) is 0. The molecular formula is C14H20O2. The molecule has 88 valence electrons. The van der Waals surface area contributed by atoms with Crippen LogP contribution in [0.15, 0.2) is 11.6 Å². The fraction of sp³-hybridized carbons (Fsp3) is 0.786. The second kappa shape index (κ2) is 3.35. The molecule has 0 heterocycles. The summed E-state index contributed by atoms with van der Waals surface area (Å²) in [6.07, 6.45) is 9.37. The zero-order valence-corrected chi connectivity index (χ0v) is 9.91. The Labute approximate surface area is 96.7 Å². The van der Waals surface area contributed by atoms with Crippen LogP contribution in [-0.4, -0.2) is 11.1 Å². The molecule has 0 aromatic carbocycles. The van der Waals surface area contributed by atoms with E-state index in [0.717, 1.165) is 30.3 Å². The van der Waals surface area contributed by atoms with Gasteiger partial charge in [-0.05, 0) is 56.8 Å². The van der Waals surface area contributed by atoms with E-state index in [1.165, 1.54) is 25.7 Å². The molecule has 3 rings (SSSR count). The van der Waals surface area contributed by atoms with Gasteiger partial charge in [0.25, 0.3) is 0 Å². The molecule has 3 saturated carbocycles. The molecule has 0 saturated heterocycles. The predicted molar refractivity (Wildman–Crippen MR) is 62.0 cm³/mol. The van der Waals surface area contributed by atoms with Gasteiger partial charge in [0.1, 0.15) is 0 Å². The fourth-order valence-electron chi connectivity index (χ4n) is 5.12. The van der Waals surface area contributed by atoms with E-state index in [-0.39, 0.29) is 5.41 Å². The quantitative estimate of drug-likeness (QED) is 0.725. The summed E-state index contributed by atoms with van der Waals surface area (Å²) >= 11 is 0. The molecule has 1 N–H and O–H groups in total. The van der Waals surface area contributed by atoms with Crippen LogP contribution >= 0.6 is 0 Å². The summed E-state index contributed by atoms with van der Waals surface area (Å²) in [6.45, 7) is 1.90. The Balaban J connectivity index is 2.01. The van der Waals surface area contributed by atoms with E-state index in [2.05, 4.69) is 0 Å². The summed E-state index contributed by atoms with van der Waals surface area (Å²) in [5.74, 6) is 1.70. The molecule has 4 unspecified atom stereocenters. The van der Waals surface area contributed by atoms with Gasteiger partial charge in [-0.3, -0.25) is 0 Å². The molecule has 0 aromatic rings. The number of carbonyl (C=O) groups is 1. The summed E-state index contributed by atoms with van der Waals surface area (Å²) in [7, 11) is 0. The van der Waals surface area contributed by atoms with E-state index in [4.69, 9.17) is 0 Å². The lowest BCUT2D eigenvalue weighted by Gasteiger charge is -2.36. The van der Waals surface area contributed by atoms with E-state index in [1.807, 2.05) is 13.0 Å². The van der Waals surface area contributed by atoms with Gasteiger partial charge < -0.3 is 5.11 Å². The van der Waals surface area contributed by atoms with E-state index in [0.29, 0.717) is 5.92 Å². The molecule has 2 heteroatoms. The van der Waals surface area contributed by atoms with Gasteiger partial charge in [0, 0.05) is 11.0 Å². The molecule has 3 aliphatic carbocycles. The number of allylic oxidation sites excluding steroid dienone is 1. The Morgan fingerprint density at radius 2 is 2.19 bits per heavy atom. The zero-order chi connectivity index (χ0) is 11.3. The molecule has 4 atom stereocenters. The van der Waals surface area contributed by atoms with Crippen molar-refractivity contribution in [1.82, 2.24) is 0 Å². The third kappa shape index (κ3) is 1.11. The van der Waals surface area contributed by atoms with Crippen LogP contribution in [0.3, 0.4) is 0 Å². The summed E-state index contributed by atoms with van der Waals surface area (Å²) in [5, 5.41) is 9.40. The van der Waals surface area contributed by atoms with Gasteiger partial charge in [-0.25, -0.2) is 4.79 Å². The number of carboxylic acid groups (broad SMARTS) is 1. The number of carboxylic acids is 1. The van der Waals surface area contributed by atoms with Crippen LogP contribution in [0.1, 0.15) is 45.4 Å². The Hall–Kier alpha value is -0.790. The third-order valence-corrected chi connectivity index (χ3v) is 5.53. The average molecular weight is 220 g/mol. The van der Waals surface area contributed by atoms with Gasteiger partial charge in [0.05, 0.1) is 0 Å². The number of hydrogen-bond donors (Lipinski definition) is 1. The maximum absolute atomic E-state index is 11.4. The minimum absolute atomic E-state index is 0.0619. The van der Waals surface area contributed by atoms with Crippen molar-refractivity contribution in [3.05, 3.63) is 11.6 Å². The molecule has 0 aromatic heterocycles. The second-order valence-corrected chi connectivity index (χ2v) is 5.87. The summed E-state index contributed by atoms with van der Waals surface area (Å²) in [5.41, 5.74) is 0.788. The first-order valence-electron chi connectivity index (χ1n) is 6.59. The minimum atomic E-state index is -0.671. The van der Waals surface area contributed by atoms with E-state index in [9.17, 15) is 9.90 Å². The second-order valence-electron chi connectivity index (χ2n) is 5.87. The summed E-state index contributed by atoms with van der Waals surface area (Å²) < 4.78 is 0. The van der Waals surface area contributed by atoms with Crippen LogP contribution in [0, 0.1) is 23.2 Å². The maximum atomic E-state index is 11.4. The van der Waals surface area contributed by atoms with Gasteiger partial charge in [-0.2, -0.15) is 0 Å². The normalized spacial score (nSPS) is 46.1. The lowest BCUT2D eigenvalue weighted by atomic mass is 9.67. The first-order chi connectivity index (χ1) is 7.69. The van der Waals surface area contributed by atoms with Crippen LogP contribution in [0.4, 0.5) is 0 Å². The SMILES string of the molecule is CC=C(C(=O)O)C12CCC(C1)C1CCCC12. The van der Waals surface area contributed by atoms with Crippen molar-refractivity contribution in [3.63, 3.8) is 0 Å². The molecule has 16 heavy (non-hydrogen) atoms. The third-order valence-electron chi connectivity index (χ3n) is 5.53. The smallest absolute Gasteiger partial charge is 0.331 e. The van der Waals surface area contributed by atoms with Gasteiger partial charge in [-0.15, -0.1) is 0 Å². The van der Waals surface area contributed by atoms with Crippen molar-refractivity contribution in [2.75, 3.05) is 0 Å². The highest BCUT2D eigenvalue weighted by Crippen LogP contribution is 2.68. The monoisotopic (exact) mass is 220 g/mol. The number of rotatable bonds is 2. The number of hydrogen-bond acceptors (Lipinski definition) is 1. The Kier molecular flexibility index (Phi) is 2.17. The van der Waals surface area contributed by atoms with Crippen molar-refractivity contribution >= 4 is 5.97 Å². The van der Waals surface area contributed by atoms with Gasteiger partial charge in [0.15, 0.2) is 0 Å². The van der Waals surface area contributed by atoms with Crippen LogP contribution in [0.25, 0.3) is 0 Å². The molecule has 0 radical (unpaired) electrons. The molecule has 2 bridgehead atoms. The topological polar surface area (TPSA) is 37.3 Å². The lowest BCUT2D eigenvalue weighted by molar-refractivity contribution is -0.134. The molecule has 0 spiro atoms. The first kappa shape index (κ1) is 10.4. The van der Waals surface area contributed by atoms with Crippen molar-refractivity contribution in [2.24, 2.45) is 23.2 Å². The largest absolute Gasteiger partial charge is 0.478 e. The van der Waals surface area contributed by atoms with Gasteiger partial charge >= 0.3 is 5.97 Å². The predicted octanol–water partition coefficient (Wildman–Crippen LogP) is 3.23. The summed E-state index contributed by atoms with van der Waals surface area (Å²) in [4.78, 5) is 11.4. The minimum Gasteiger partial charge on any atom is -0.478 e. The van der Waals surface area contributed by atoms with Crippen LogP contribution < -0.4 is 0 Å². The van der Waals surface area contributed by atoms with E-state index >= 15 is 0 Å². The first-order valence-corrected chi connectivity index (χ1v) is 6.59. The fourth-order valence-corrected chi connectivity index (χ4v) is 5.12. The molecule has 3 fully saturated rings. The standard InChI is InChI=1S/C14H20O2/c1-2-11(13(15)16)14-7-6-9(8-14)10-4-3-5-12(10)14/h2,9-10,12H,3-8H2,1H3,(H,15,16). The highest BCUT2D eigenvalue weighted by molar-refractivity contribution is 5.88. The van der Waals surface area contributed by atoms with Crippen molar-refractivity contribution in [2.45, 2.75) is 45.4 Å². The molecular weight excluding hydrogens is 200 g/mol. The molecule has 0 amide bonds. The molecule has 3 aliphatic rings. The van der Waals surface area contributed by atoms with Crippen LogP contribution in [0.5, 0.6) is 0 Å². The van der Waals surface area contributed by atoms with Crippen LogP contribution in [0.2, 0.25) is 0 Å². The molecule has 0 aliphatic heterocycles. The van der Waals surface area contributed by atoms with E-state index < -0.39 is 5.97 Å². The van der Waals surface area contributed by atoms with Crippen molar-refractivity contribution < 1.29 is 9.90 Å². The van der Waals surface area contributed by atoms with Crippen molar-refractivity contribution in [3.8, 4) is 0 Å². The number of fused-ring (bicyclic) bond motifs is 5. The van der Waals surface area contributed by atoms with E-state index in [1.54, 1.807) is 0 Å². The number of aliphatic carboxylic acids is 1. The Morgan fingerprint density at radius 3 is 2.88 bits per heavy atom. The lowest BCUT2D eigenvalue weighted by Crippen LogP contribution is -2.32. The zero-order valence-electron chi connectivity index (χ0n) is 9.91. The Morgan fingerprint density at radius 1 is 1.38 bits per heavy atom. The molecule has 2 nitrogen and oxygen atoms in total. The van der Waals surface area contributed by atoms with Crippen molar-refractivity contribution in [1.29, 1.82) is 0 Å². The maximum Gasteiger partial charge on any atom is 0.331 e. The van der Waals surface area contributed by atoms with Gasteiger partial charge in [-0.1, -0.05) is 12.5 Å².